The van der Waals surface area contributed by atoms with Crippen molar-refractivity contribution in [2.75, 3.05) is 13.1 Å². The molecule has 1 fully saturated rings. The molecule has 3 nitrogen and oxygen atoms in total. The van der Waals surface area contributed by atoms with Gasteiger partial charge in [0.15, 0.2) is 0 Å². The number of carbonyl (C=O) groups is 1. The van der Waals surface area contributed by atoms with Gasteiger partial charge >= 0.3 is 0 Å². The maximum Gasteiger partial charge on any atom is 0.246 e. The minimum Gasteiger partial charge on any atom is -0.335 e. The fraction of sp³-hybridized carbons (Fsp3) is 0.700. The molecule has 0 saturated carbocycles. The van der Waals surface area contributed by atoms with E-state index in [1.54, 1.807) is 6.08 Å². The zero-order valence-electron chi connectivity index (χ0n) is 8.42. The second-order valence-electron chi connectivity index (χ2n) is 3.79. The normalized spacial score (nSPS) is 21.8. The van der Waals surface area contributed by atoms with E-state index in [-0.39, 0.29) is 11.9 Å². The van der Waals surface area contributed by atoms with E-state index in [0.29, 0.717) is 6.54 Å². The van der Waals surface area contributed by atoms with Gasteiger partial charge in [-0.15, -0.1) is 0 Å². The van der Waals surface area contributed by atoms with E-state index in [0.717, 1.165) is 25.0 Å². The topological polar surface area (TPSA) is 46.3 Å². The first-order valence-electron chi connectivity index (χ1n) is 4.80. The third-order valence-corrected chi connectivity index (χ3v) is 2.34. The Bertz CT molecular complexity index is 219. The Morgan fingerprint density at radius 1 is 1.62 bits per heavy atom. The maximum atomic E-state index is 11.6. The number of amides is 1. The average Bonchev–Trinajstić information content (AvgIpc) is 2.49. The maximum absolute atomic E-state index is 11.6. The van der Waals surface area contributed by atoms with Crippen LogP contribution in [-0.2, 0) is 4.79 Å². The van der Waals surface area contributed by atoms with Gasteiger partial charge in [-0.2, -0.15) is 0 Å². The van der Waals surface area contributed by atoms with Crippen molar-refractivity contribution in [3.05, 3.63) is 11.6 Å². The first kappa shape index (κ1) is 10.3. The highest BCUT2D eigenvalue weighted by Crippen LogP contribution is 2.16. The quantitative estimate of drug-likeness (QED) is 0.645. The lowest BCUT2D eigenvalue weighted by Gasteiger charge is -2.21. The Hall–Kier alpha value is -0.830. The molecular formula is C10H18N2O. The van der Waals surface area contributed by atoms with E-state index in [2.05, 4.69) is 0 Å². The molecule has 1 aliphatic rings. The lowest BCUT2D eigenvalue weighted by atomic mass is 10.2. The molecule has 1 rings (SSSR count). The van der Waals surface area contributed by atoms with E-state index >= 15 is 0 Å². The van der Waals surface area contributed by atoms with Gasteiger partial charge in [-0.3, -0.25) is 4.79 Å². The van der Waals surface area contributed by atoms with Gasteiger partial charge in [0.25, 0.3) is 0 Å². The number of hydrogen-bond acceptors (Lipinski definition) is 2. The Kier molecular flexibility index (Phi) is 3.48. The summed E-state index contributed by atoms with van der Waals surface area (Å²) in [6.07, 6.45) is 3.83. The molecule has 0 aromatic carbocycles. The standard InChI is InChI=1S/C10H18N2O/c1-8(2)6-10(13)12-5-3-4-9(12)7-11/h6,9H,3-5,7,11H2,1-2H3. The smallest absolute Gasteiger partial charge is 0.246 e. The van der Waals surface area contributed by atoms with Gasteiger partial charge in [-0.1, -0.05) is 5.57 Å². The van der Waals surface area contributed by atoms with E-state index in [1.165, 1.54) is 0 Å². The van der Waals surface area contributed by atoms with Crippen molar-refractivity contribution >= 4 is 5.91 Å². The fourth-order valence-electron chi connectivity index (χ4n) is 1.70. The summed E-state index contributed by atoms with van der Waals surface area (Å²) in [5.41, 5.74) is 6.63. The first-order valence-corrected chi connectivity index (χ1v) is 4.80. The molecule has 13 heavy (non-hydrogen) atoms. The van der Waals surface area contributed by atoms with Crippen molar-refractivity contribution < 1.29 is 4.79 Å². The van der Waals surface area contributed by atoms with Gasteiger partial charge in [-0.25, -0.2) is 0 Å². The summed E-state index contributed by atoms with van der Waals surface area (Å²) in [5.74, 6) is 0.118. The number of nitrogens with two attached hydrogens (primary N) is 1. The van der Waals surface area contributed by atoms with Crippen LogP contribution in [0.1, 0.15) is 26.7 Å². The molecule has 2 N–H and O–H groups in total. The van der Waals surface area contributed by atoms with Crippen LogP contribution in [-0.4, -0.2) is 29.9 Å². The molecule has 1 amide bonds. The number of allylic oxidation sites excluding steroid dienone is 1. The number of hydrogen-bond donors (Lipinski definition) is 1. The zero-order valence-corrected chi connectivity index (χ0v) is 8.42. The third-order valence-electron chi connectivity index (χ3n) is 2.34. The molecule has 0 radical (unpaired) electrons. The predicted octanol–water partition coefficient (Wildman–Crippen LogP) is 0.902. The lowest BCUT2D eigenvalue weighted by Crippen LogP contribution is -2.39. The van der Waals surface area contributed by atoms with Crippen LogP contribution in [0.15, 0.2) is 11.6 Å². The summed E-state index contributed by atoms with van der Waals surface area (Å²) >= 11 is 0. The Labute approximate surface area is 79.6 Å². The van der Waals surface area contributed by atoms with Crippen LogP contribution >= 0.6 is 0 Å². The van der Waals surface area contributed by atoms with Gasteiger partial charge in [0.2, 0.25) is 5.91 Å². The van der Waals surface area contributed by atoms with Crippen molar-refractivity contribution in [2.24, 2.45) is 5.73 Å². The van der Waals surface area contributed by atoms with Crippen LogP contribution in [0.3, 0.4) is 0 Å². The van der Waals surface area contributed by atoms with Gasteiger partial charge in [0, 0.05) is 25.2 Å². The average molecular weight is 182 g/mol. The van der Waals surface area contributed by atoms with Crippen LogP contribution in [0.5, 0.6) is 0 Å². The van der Waals surface area contributed by atoms with Crippen molar-refractivity contribution in [3.63, 3.8) is 0 Å². The van der Waals surface area contributed by atoms with E-state index < -0.39 is 0 Å². The summed E-state index contributed by atoms with van der Waals surface area (Å²) in [6, 6.07) is 0.267. The Morgan fingerprint density at radius 2 is 2.31 bits per heavy atom. The monoisotopic (exact) mass is 182 g/mol. The number of rotatable bonds is 2. The van der Waals surface area contributed by atoms with Crippen LogP contribution in [0.4, 0.5) is 0 Å². The minimum absolute atomic E-state index is 0.118. The van der Waals surface area contributed by atoms with Crippen molar-refractivity contribution in [2.45, 2.75) is 32.7 Å². The highest BCUT2D eigenvalue weighted by Gasteiger charge is 2.25. The fourth-order valence-corrected chi connectivity index (χ4v) is 1.70. The molecular weight excluding hydrogens is 164 g/mol. The summed E-state index contributed by atoms with van der Waals surface area (Å²) < 4.78 is 0. The molecule has 0 aromatic rings. The van der Waals surface area contributed by atoms with E-state index in [1.807, 2.05) is 18.7 Å². The molecule has 0 bridgehead atoms. The van der Waals surface area contributed by atoms with Crippen LogP contribution in [0.25, 0.3) is 0 Å². The summed E-state index contributed by atoms with van der Waals surface area (Å²) in [5, 5.41) is 0. The number of likely N-dealkylation sites (tertiary alicyclic amines) is 1. The largest absolute Gasteiger partial charge is 0.335 e. The highest BCUT2D eigenvalue weighted by molar-refractivity contribution is 5.88. The molecule has 1 heterocycles. The SMILES string of the molecule is CC(C)=CC(=O)N1CCCC1CN. The minimum atomic E-state index is 0.118. The molecule has 0 aromatic heterocycles. The molecule has 1 unspecified atom stereocenters. The molecule has 74 valence electrons. The van der Waals surface area contributed by atoms with Crippen LogP contribution in [0.2, 0.25) is 0 Å². The van der Waals surface area contributed by atoms with Gasteiger partial charge < -0.3 is 10.6 Å². The van der Waals surface area contributed by atoms with E-state index in [9.17, 15) is 4.79 Å². The van der Waals surface area contributed by atoms with Crippen molar-refractivity contribution in [3.8, 4) is 0 Å². The van der Waals surface area contributed by atoms with E-state index in [4.69, 9.17) is 5.73 Å². The van der Waals surface area contributed by atoms with Crippen LogP contribution in [0, 0.1) is 0 Å². The number of carbonyl (C=O) groups excluding carboxylic acids is 1. The molecule has 0 spiro atoms. The van der Waals surface area contributed by atoms with Gasteiger partial charge in [-0.05, 0) is 26.7 Å². The number of nitrogens with zero attached hydrogens (tertiary/aromatic N) is 1. The van der Waals surface area contributed by atoms with Crippen LogP contribution < -0.4 is 5.73 Å². The van der Waals surface area contributed by atoms with Crippen molar-refractivity contribution in [1.82, 2.24) is 4.90 Å². The molecule has 1 aliphatic heterocycles. The molecule has 1 saturated heterocycles. The molecule has 1 atom stereocenters. The second-order valence-corrected chi connectivity index (χ2v) is 3.79. The third kappa shape index (κ3) is 2.56. The summed E-state index contributed by atoms with van der Waals surface area (Å²) in [6.45, 7) is 5.32. The second kappa shape index (κ2) is 4.42. The predicted molar refractivity (Wildman–Crippen MR) is 53.2 cm³/mol. The summed E-state index contributed by atoms with van der Waals surface area (Å²) in [7, 11) is 0. The molecule has 3 heteroatoms. The van der Waals surface area contributed by atoms with Crippen molar-refractivity contribution in [1.29, 1.82) is 0 Å². The Morgan fingerprint density at radius 3 is 2.85 bits per heavy atom. The zero-order chi connectivity index (χ0) is 9.84. The van der Waals surface area contributed by atoms with Gasteiger partial charge in [0.1, 0.15) is 0 Å². The summed E-state index contributed by atoms with van der Waals surface area (Å²) in [4.78, 5) is 13.5. The highest BCUT2D eigenvalue weighted by atomic mass is 16.2. The van der Waals surface area contributed by atoms with Gasteiger partial charge in [0.05, 0.1) is 0 Å². The molecule has 0 aliphatic carbocycles. The lowest BCUT2D eigenvalue weighted by molar-refractivity contribution is -0.126. The Balaban J connectivity index is 2.60. The first-order chi connectivity index (χ1) is 6.15.